The maximum absolute atomic E-state index is 11.4. The van der Waals surface area contributed by atoms with Gasteiger partial charge in [0.05, 0.1) is 6.33 Å². The first kappa shape index (κ1) is 11.5. The highest BCUT2D eigenvalue weighted by Gasteiger charge is 2.27. The zero-order valence-corrected chi connectivity index (χ0v) is 10.3. The van der Waals surface area contributed by atoms with E-state index in [0.29, 0.717) is 17.9 Å². The van der Waals surface area contributed by atoms with E-state index < -0.39 is 0 Å². The van der Waals surface area contributed by atoms with Gasteiger partial charge in [-0.15, -0.1) is 0 Å². The third-order valence-corrected chi connectivity index (χ3v) is 3.56. The van der Waals surface area contributed by atoms with Gasteiger partial charge < -0.3 is 9.88 Å². The predicted molar refractivity (Wildman–Crippen MR) is 65.1 cm³/mol. The van der Waals surface area contributed by atoms with Crippen LogP contribution >= 0.6 is 11.6 Å². The molecule has 2 atom stereocenters. The molecule has 0 spiro atoms. The normalized spacial score (nSPS) is 25.8. The minimum absolute atomic E-state index is 0.197. The summed E-state index contributed by atoms with van der Waals surface area (Å²) in [7, 11) is 0. The SMILES string of the molecule is C[C@@H]1CCC[C@H](C)N1c1nc[nH]c(=O)c1Cl. The van der Waals surface area contributed by atoms with Gasteiger partial charge in [0.15, 0.2) is 5.82 Å². The lowest BCUT2D eigenvalue weighted by molar-refractivity contribution is 0.411. The van der Waals surface area contributed by atoms with E-state index in [1.165, 1.54) is 12.7 Å². The summed E-state index contributed by atoms with van der Waals surface area (Å²) >= 11 is 6.01. The molecule has 0 saturated carbocycles. The van der Waals surface area contributed by atoms with Crippen LogP contribution < -0.4 is 10.5 Å². The van der Waals surface area contributed by atoms with Gasteiger partial charge in [-0.1, -0.05) is 11.6 Å². The number of hydrogen-bond acceptors (Lipinski definition) is 3. The van der Waals surface area contributed by atoms with Crippen LogP contribution in [-0.4, -0.2) is 22.1 Å². The van der Waals surface area contributed by atoms with E-state index in [-0.39, 0.29) is 10.6 Å². The monoisotopic (exact) mass is 241 g/mol. The second-order valence-electron chi connectivity index (χ2n) is 4.41. The minimum atomic E-state index is -0.267. The summed E-state index contributed by atoms with van der Waals surface area (Å²) in [4.78, 5) is 20.3. The fourth-order valence-corrected chi connectivity index (χ4v) is 2.59. The minimum Gasteiger partial charge on any atom is -0.350 e. The quantitative estimate of drug-likeness (QED) is 0.820. The number of nitrogens with zero attached hydrogens (tertiary/aromatic N) is 2. The number of rotatable bonds is 1. The van der Waals surface area contributed by atoms with Gasteiger partial charge in [0, 0.05) is 12.1 Å². The van der Waals surface area contributed by atoms with Crippen LogP contribution in [0.4, 0.5) is 5.82 Å². The molecule has 1 N–H and O–H groups in total. The molecule has 0 unspecified atom stereocenters. The summed E-state index contributed by atoms with van der Waals surface area (Å²) in [5.41, 5.74) is -0.267. The standard InChI is InChI=1S/C11H16ClN3O/c1-7-4-3-5-8(2)15(7)10-9(12)11(16)14-6-13-10/h6-8H,3-5H2,1-2H3,(H,13,14,16)/t7-,8+. The van der Waals surface area contributed by atoms with Crippen molar-refractivity contribution < 1.29 is 0 Å². The molecule has 16 heavy (non-hydrogen) atoms. The van der Waals surface area contributed by atoms with Crippen molar-refractivity contribution in [3.05, 3.63) is 21.7 Å². The van der Waals surface area contributed by atoms with Crippen molar-refractivity contribution >= 4 is 17.4 Å². The molecular weight excluding hydrogens is 226 g/mol. The van der Waals surface area contributed by atoms with Crippen molar-refractivity contribution in [3.63, 3.8) is 0 Å². The molecule has 0 bridgehead atoms. The Balaban J connectivity index is 2.41. The smallest absolute Gasteiger partial charge is 0.271 e. The lowest BCUT2D eigenvalue weighted by Crippen LogP contribution is -2.45. The number of piperidine rings is 1. The molecule has 88 valence electrons. The molecule has 1 aliphatic heterocycles. The number of nitrogens with one attached hydrogen (secondary N) is 1. The molecule has 0 radical (unpaired) electrons. The third kappa shape index (κ3) is 1.94. The van der Waals surface area contributed by atoms with Crippen LogP contribution in [0.15, 0.2) is 11.1 Å². The summed E-state index contributed by atoms with van der Waals surface area (Å²) in [5, 5.41) is 0.197. The highest BCUT2D eigenvalue weighted by atomic mass is 35.5. The summed E-state index contributed by atoms with van der Waals surface area (Å²) in [6.07, 6.45) is 4.88. The largest absolute Gasteiger partial charge is 0.350 e. The van der Waals surface area contributed by atoms with Crippen molar-refractivity contribution in [2.45, 2.75) is 45.2 Å². The molecule has 1 fully saturated rings. The van der Waals surface area contributed by atoms with Crippen molar-refractivity contribution in [1.82, 2.24) is 9.97 Å². The summed E-state index contributed by atoms with van der Waals surface area (Å²) in [6, 6.07) is 0.770. The number of hydrogen-bond donors (Lipinski definition) is 1. The maximum atomic E-state index is 11.4. The van der Waals surface area contributed by atoms with Crippen molar-refractivity contribution in [2.75, 3.05) is 4.90 Å². The predicted octanol–water partition coefficient (Wildman–Crippen LogP) is 2.19. The fraction of sp³-hybridized carbons (Fsp3) is 0.636. The third-order valence-electron chi connectivity index (χ3n) is 3.22. The van der Waals surface area contributed by atoms with Crippen molar-refractivity contribution in [2.24, 2.45) is 0 Å². The molecule has 2 heterocycles. The van der Waals surface area contributed by atoms with Crippen LogP contribution in [0.3, 0.4) is 0 Å². The molecule has 0 aromatic carbocycles. The van der Waals surface area contributed by atoms with Gasteiger partial charge in [0.1, 0.15) is 5.02 Å². The second-order valence-corrected chi connectivity index (χ2v) is 4.78. The lowest BCUT2D eigenvalue weighted by Gasteiger charge is -2.40. The number of halogens is 1. The van der Waals surface area contributed by atoms with E-state index >= 15 is 0 Å². The molecule has 1 aromatic rings. The molecular formula is C11H16ClN3O. The summed E-state index contributed by atoms with van der Waals surface area (Å²) < 4.78 is 0. The van der Waals surface area contributed by atoms with Gasteiger partial charge in [-0.3, -0.25) is 4.79 Å². The zero-order valence-electron chi connectivity index (χ0n) is 9.53. The number of aromatic amines is 1. The maximum Gasteiger partial charge on any atom is 0.271 e. The number of anilines is 1. The Morgan fingerprint density at radius 2 is 2.06 bits per heavy atom. The lowest BCUT2D eigenvalue weighted by atomic mass is 9.97. The van der Waals surface area contributed by atoms with E-state index in [2.05, 4.69) is 28.7 Å². The highest BCUT2D eigenvalue weighted by molar-refractivity contribution is 6.32. The van der Waals surface area contributed by atoms with Gasteiger partial charge in [0.25, 0.3) is 5.56 Å². The van der Waals surface area contributed by atoms with E-state index in [1.807, 2.05) is 0 Å². The average Bonchev–Trinajstić information content (AvgIpc) is 2.24. The van der Waals surface area contributed by atoms with Gasteiger partial charge >= 0.3 is 0 Å². The van der Waals surface area contributed by atoms with Crippen LogP contribution in [0.2, 0.25) is 5.02 Å². The van der Waals surface area contributed by atoms with Crippen molar-refractivity contribution in [3.8, 4) is 0 Å². The molecule has 0 amide bonds. The highest BCUT2D eigenvalue weighted by Crippen LogP contribution is 2.30. The number of aromatic nitrogens is 2. The Labute approximate surface area is 99.6 Å². The molecule has 1 aromatic heterocycles. The van der Waals surface area contributed by atoms with Gasteiger partial charge in [0.2, 0.25) is 0 Å². The van der Waals surface area contributed by atoms with Crippen LogP contribution in [0.5, 0.6) is 0 Å². The van der Waals surface area contributed by atoms with E-state index in [0.717, 1.165) is 12.8 Å². The molecule has 1 saturated heterocycles. The first-order valence-corrected chi connectivity index (χ1v) is 6.00. The number of H-pyrrole nitrogens is 1. The fourth-order valence-electron chi connectivity index (χ4n) is 2.39. The van der Waals surface area contributed by atoms with Crippen molar-refractivity contribution in [1.29, 1.82) is 0 Å². The molecule has 4 nitrogen and oxygen atoms in total. The second kappa shape index (κ2) is 4.45. The zero-order chi connectivity index (χ0) is 11.7. The Bertz CT molecular complexity index is 421. The molecule has 2 rings (SSSR count). The Kier molecular flexibility index (Phi) is 3.19. The van der Waals surface area contributed by atoms with Crippen LogP contribution in [0.25, 0.3) is 0 Å². The van der Waals surface area contributed by atoms with E-state index in [9.17, 15) is 4.79 Å². The summed E-state index contributed by atoms with van der Waals surface area (Å²) in [5.74, 6) is 0.616. The molecule has 0 aliphatic carbocycles. The average molecular weight is 242 g/mol. The first-order chi connectivity index (χ1) is 7.61. The van der Waals surface area contributed by atoms with Gasteiger partial charge in [-0.05, 0) is 33.1 Å². The molecule has 1 aliphatic rings. The molecule has 5 heteroatoms. The van der Waals surface area contributed by atoms with E-state index in [4.69, 9.17) is 11.6 Å². The summed E-state index contributed by atoms with van der Waals surface area (Å²) in [6.45, 7) is 4.30. The Morgan fingerprint density at radius 1 is 1.44 bits per heavy atom. The van der Waals surface area contributed by atoms with Gasteiger partial charge in [-0.2, -0.15) is 0 Å². The van der Waals surface area contributed by atoms with Crippen LogP contribution in [-0.2, 0) is 0 Å². The first-order valence-electron chi connectivity index (χ1n) is 5.62. The van der Waals surface area contributed by atoms with Crippen LogP contribution in [0, 0.1) is 0 Å². The Hall–Kier alpha value is -1.03. The Morgan fingerprint density at radius 3 is 2.69 bits per heavy atom. The van der Waals surface area contributed by atoms with Gasteiger partial charge in [-0.25, -0.2) is 4.98 Å². The topological polar surface area (TPSA) is 49.0 Å². The van der Waals surface area contributed by atoms with Crippen LogP contribution in [0.1, 0.15) is 33.1 Å². The van der Waals surface area contributed by atoms with E-state index in [1.54, 1.807) is 0 Å².